The number of aromatic amines is 1. The number of ketones is 1. The summed E-state index contributed by atoms with van der Waals surface area (Å²) in [7, 11) is 0. The summed E-state index contributed by atoms with van der Waals surface area (Å²) in [6.45, 7) is 0. The predicted molar refractivity (Wildman–Crippen MR) is 53.4 cm³/mol. The van der Waals surface area contributed by atoms with Crippen molar-refractivity contribution in [2.75, 3.05) is 0 Å². The van der Waals surface area contributed by atoms with Gasteiger partial charge >= 0.3 is 0 Å². The normalized spacial score (nSPS) is 15.9. The maximum atomic E-state index is 11.6. The van der Waals surface area contributed by atoms with Crippen molar-refractivity contribution in [3.05, 3.63) is 29.5 Å². The molecular formula is C11H10N2O. The number of nitrogens with zero attached hydrogens (tertiary/aromatic N) is 1. The number of aryl methyl sites for hydroxylation is 1. The Morgan fingerprint density at radius 3 is 3.14 bits per heavy atom. The van der Waals surface area contributed by atoms with Crippen LogP contribution in [0.5, 0.6) is 0 Å². The third-order valence-corrected chi connectivity index (χ3v) is 2.81. The Labute approximate surface area is 81.1 Å². The first kappa shape index (κ1) is 7.74. The second kappa shape index (κ2) is 2.67. The number of aromatic nitrogens is 2. The molecule has 2 aromatic rings. The van der Waals surface area contributed by atoms with Gasteiger partial charge in [-0.2, -0.15) is 5.10 Å². The van der Waals surface area contributed by atoms with E-state index in [9.17, 15) is 4.79 Å². The number of hydrogen-bond donors (Lipinski definition) is 1. The van der Waals surface area contributed by atoms with Gasteiger partial charge in [0, 0.05) is 17.4 Å². The summed E-state index contributed by atoms with van der Waals surface area (Å²) in [6, 6.07) is 4.00. The fourth-order valence-corrected chi connectivity index (χ4v) is 2.08. The van der Waals surface area contributed by atoms with Gasteiger partial charge in [-0.25, -0.2) is 0 Å². The Bertz CT molecular complexity index is 513. The summed E-state index contributed by atoms with van der Waals surface area (Å²) in [5.74, 6) is 0.266. The van der Waals surface area contributed by atoms with Gasteiger partial charge in [-0.3, -0.25) is 9.89 Å². The zero-order valence-corrected chi connectivity index (χ0v) is 7.71. The summed E-state index contributed by atoms with van der Waals surface area (Å²) in [5.41, 5.74) is 3.02. The topological polar surface area (TPSA) is 45.8 Å². The molecule has 1 aliphatic rings. The Kier molecular flexibility index (Phi) is 1.48. The highest BCUT2D eigenvalue weighted by molar-refractivity contribution is 6.01. The van der Waals surface area contributed by atoms with E-state index in [2.05, 4.69) is 16.3 Å². The quantitative estimate of drug-likeness (QED) is 0.684. The number of carbonyl (C=O) groups is 1. The molecule has 0 saturated heterocycles. The molecule has 0 spiro atoms. The van der Waals surface area contributed by atoms with Crippen LogP contribution >= 0.6 is 0 Å². The van der Waals surface area contributed by atoms with Crippen LogP contribution < -0.4 is 0 Å². The average molecular weight is 186 g/mol. The maximum Gasteiger partial charge on any atom is 0.163 e. The smallest absolute Gasteiger partial charge is 0.163 e. The molecule has 0 fully saturated rings. The van der Waals surface area contributed by atoms with Crippen molar-refractivity contribution in [2.45, 2.75) is 19.3 Å². The number of hydrogen-bond acceptors (Lipinski definition) is 2. The molecule has 0 saturated carbocycles. The van der Waals surface area contributed by atoms with Crippen LogP contribution in [0.15, 0.2) is 18.3 Å². The van der Waals surface area contributed by atoms with E-state index in [4.69, 9.17) is 0 Å². The Hall–Kier alpha value is -1.64. The zero-order valence-electron chi connectivity index (χ0n) is 7.71. The third kappa shape index (κ3) is 0.985. The van der Waals surface area contributed by atoms with Crippen LogP contribution in [0.3, 0.4) is 0 Å². The van der Waals surface area contributed by atoms with Gasteiger partial charge in [0.2, 0.25) is 0 Å². The van der Waals surface area contributed by atoms with Crippen molar-refractivity contribution in [2.24, 2.45) is 0 Å². The van der Waals surface area contributed by atoms with Crippen LogP contribution in [-0.4, -0.2) is 16.0 Å². The van der Waals surface area contributed by atoms with Gasteiger partial charge in [0.15, 0.2) is 5.78 Å². The van der Waals surface area contributed by atoms with Crippen LogP contribution in [0.4, 0.5) is 0 Å². The summed E-state index contributed by atoms with van der Waals surface area (Å²) < 4.78 is 0. The highest BCUT2D eigenvalue weighted by Crippen LogP contribution is 2.25. The number of rotatable bonds is 0. The molecule has 1 N–H and O–H groups in total. The first-order valence-electron chi connectivity index (χ1n) is 4.84. The second-order valence-corrected chi connectivity index (χ2v) is 3.74. The molecule has 3 rings (SSSR count). The highest BCUT2D eigenvalue weighted by Gasteiger charge is 2.17. The van der Waals surface area contributed by atoms with Crippen LogP contribution in [0.25, 0.3) is 10.9 Å². The number of fused-ring (bicyclic) bond motifs is 2. The molecule has 1 aromatic carbocycles. The molecule has 0 amide bonds. The highest BCUT2D eigenvalue weighted by atomic mass is 16.1. The molecule has 0 atom stereocenters. The summed E-state index contributed by atoms with van der Waals surface area (Å²) in [6.07, 6.45) is 4.48. The van der Waals surface area contributed by atoms with E-state index in [0.717, 1.165) is 29.3 Å². The van der Waals surface area contributed by atoms with Crippen molar-refractivity contribution in [3.8, 4) is 0 Å². The Morgan fingerprint density at radius 2 is 2.21 bits per heavy atom. The van der Waals surface area contributed by atoms with Gasteiger partial charge in [-0.15, -0.1) is 0 Å². The largest absolute Gasteiger partial charge is 0.294 e. The van der Waals surface area contributed by atoms with Crippen LogP contribution in [0.2, 0.25) is 0 Å². The number of H-pyrrole nitrogens is 1. The predicted octanol–water partition coefficient (Wildman–Crippen LogP) is 2.08. The van der Waals surface area contributed by atoms with Crippen molar-refractivity contribution in [3.63, 3.8) is 0 Å². The van der Waals surface area contributed by atoms with Crippen LogP contribution in [-0.2, 0) is 6.42 Å². The molecule has 0 bridgehead atoms. The number of nitrogens with one attached hydrogen (secondary N) is 1. The SMILES string of the molecule is O=C1CCCc2cc3cn[nH]c3cc21. The van der Waals surface area contributed by atoms with E-state index in [1.165, 1.54) is 5.56 Å². The van der Waals surface area contributed by atoms with E-state index in [-0.39, 0.29) is 5.78 Å². The molecule has 70 valence electrons. The lowest BCUT2D eigenvalue weighted by Crippen LogP contribution is -2.10. The van der Waals surface area contributed by atoms with Gasteiger partial charge in [0.1, 0.15) is 0 Å². The lowest BCUT2D eigenvalue weighted by Gasteiger charge is -2.13. The molecule has 1 aromatic heterocycles. The Balaban J connectivity index is 2.32. The van der Waals surface area contributed by atoms with E-state index >= 15 is 0 Å². The van der Waals surface area contributed by atoms with E-state index in [1.807, 2.05) is 6.07 Å². The first-order chi connectivity index (χ1) is 6.84. The summed E-state index contributed by atoms with van der Waals surface area (Å²) in [5, 5.41) is 7.95. The second-order valence-electron chi connectivity index (χ2n) is 3.74. The molecule has 1 aliphatic carbocycles. The van der Waals surface area contributed by atoms with Crippen molar-refractivity contribution in [1.82, 2.24) is 10.2 Å². The van der Waals surface area contributed by atoms with Gasteiger partial charge in [0.05, 0.1) is 11.7 Å². The van der Waals surface area contributed by atoms with E-state index in [0.29, 0.717) is 6.42 Å². The molecule has 0 radical (unpaired) electrons. The average Bonchev–Trinajstić information content (AvgIpc) is 2.62. The minimum atomic E-state index is 0.266. The number of carbonyl (C=O) groups excluding carboxylic acids is 1. The fourth-order valence-electron chi connectivity index (χ4n) is 2.08. The molecule has 14 heavy (non-hydrogen) atoms. The van der Waals surface area contributed by atoms with Gasteiger partial charge in [-0.05, 0) is 30.5 Å². The standard InChI is InChI=1S/C11H10N2O/c14-11-3-1-2-7-4-8-6-12-13-10(8)5-9(7)11/h4-6H,1-3H2,(H,12,13). The van der Waals surface area contributed by atoms with Crippen LogP contribution in [0.1, 0.15) is 28.8 Å². The summed E-state index contributed by atoms with van der Waals surface area (Å²) >= 11 is 0. The number of Topliss-reactive ketones (excluding diaryl/α,β-unsaturated/α-hetero) is 1. The lowest BCUT2D eigenvalue weighted by molar-refractivity contribution is 0.0972. The molecule has 1 heterocycles. The molecular weight excluding hydrogens is 176 g/mol. The third-order valence-electron chi connectivity index (χ3n) is 2.81. The Morgan fingerprint density at radius 1 is 1.29 bits per heavy atom. The van der Waals surface area contributed by atoms with E-state index < -0.39 is 0 Å². The minimum absolute atomic E-state index is 0.266. The fraction of sp³-hybridized carbons (Fsp3) is 0.273. The van der Waals surface area contributed by atoms with Gasteiger partial charge in [-0.1, -0.05) is 0 Å². The zero-order chi connectivity index (χ0) is 9.54. The molecule has 0 unspecified atom stereocenters. The van der Waals surface area contributed by atoms with Gasteiger partial charge in [0.25, 0.3) is 0 Å². The minimum Gasteiger partial charge on any atom is -0.294 e. The molecule has 3 nitrogen and oxygen atoms in total. The lowest BCUT2D eigenvalue weighted by atomic mass is 9.90. The van der Waals surface area contributed by atoms with Crippen LogP contribution in [0, 0.1) is 0 Å². The monoisotopic (exact) mass is 186 g/mol. The van der Waals surface area contributed by atoms with Crippen molar-refractivity contribution in [1.29, 1.82) is 0 Å². The molecule has 0 aliphatic heterocycles. The number of benzene rings is 1. The van der Waals surface area contributed by atoms with E-state index in [1.54, 1.807) is 6.20 Å². The van der Waals surface area contributed by atoms with Crippen molar-refractivity contribution < 1.29 is 4.79 Å². The van der Waals surface area contributed by atoms with Crippen molar-refractivity contribution >= 4 is 16.7 Å². The summed E-state index contributed by atoms with van der Waals surface area (Å²) in [4.78, 5) is 11.6. The first-order valence-corrected chi connectivity index (χ1v) is 4.84. The molecule has 3 heteroatoms. The maximum absolute atomic E-state index is 11.6. The van der Waals surface area contributed by atoms with Gasteiger partial charge < -0.3 is 0 Å².